The van der Waals surface area contributed by atoms with Crippen molar-refractivity contribution in [1.82, 2.24) is 10.6 Å². The van der Waals surface area contributed by atoms with Gasteiger partial charge in [-0.15, -0.1) is 0 Å². The van der Waals surface area contributed by atoms with Crippen LogP contribution in [-0.4, -0.2) is 26.1 Å². The summed E-state index contributed by atoms with van der Waals surface area (Å²) in [5, 5.41) is 3.70. The van der Waals surface area contributed by atoms with Gasteiger partial charge < -0.3 is 10.6 Å². The Kier molecular flexibility index (Phi) is 0.498. The monoisotopic (exact) mass is 139 g/mol. The molecule has 9 heavy (non-hydrogen) atoms. The summed E-state index contributed by atoms with van der Waals surface area (Å²) in [5.74, 6) is -3.39. The fourth-order valence-corrected chi connectivity index (χ4v) is 0.500. The highest BCUT2D eigenvalue weighted by Crippen LogP contribution is 2.09. The fraction of sp³-hybridized carbons (Fsp3) is 1.00. The summed E-state index contributed by atoms with van der Waals surface area (Å²) in [6.07, 6.45) is -3.36. The number of likely N-dealkylation sites (N-methyl/N-ethyl adjacent to an activating group) is 1. The van der Waals surface area contributed by atoms with E-state index in [-0.39, 0.29) is 0 Å². The zero-order chi connectivity index (χ0) is 16.4. The molecule has 0 bridgehead atoms. The molecule has 2 atom stereocenters. The first-order valence-corrected chi connectivity index (χ1v) is 2.50. The van der Waals surface area contributed by atoms with Gasteiger partial charge in [-0.1, -0.05) is 6.85 Å². The van der Waals surface area contributed by atoms with Crippen LogP contribution in [0.25, 0.3) is 0 Å². The van der Waals surface area contributed by atoms with E-state index in [1.807, 2.05) is 5.32 Å². The molecule has 1 aliphatic heterocycles. The van der Waals surface area contributed by atoms with E-state index in [9.17, 15) is 0 Å². The number of hydrogen-bond acceptors (Lipinski definition) is 2. The molecule has 2 unspecified atom stereocenters. The van der Waals surface area contributed by atoms with Crippen LogP contribution in [0.2, 0.25) is 0 Å². The Labute approximate surface area is 72.5 Å². The van der Waals surface area contributed by atoms with Gasteiger partial charge in [0, 0.05) is 27.6 Å². The standard InChI is InChI=1S/C7H16N2/c1-6-3-4-9-5-7(6)8-2/h6-9H,3-5H2,1-2H3/i1D3,3D2,4D2,5D2,6D,7D. The third-order valence-electron chi connectivity index (χ3n) is 0.938. The molecule has 0 spiro atoms. The van der Waals surface area contributed by atoms with Crippen molar-refractivity contribution in [2.75, 3.05) is 20.0 Å². The maximum atomic E-state index is 8.03. The second-order valence-corrected chi connectivity index (χ2v) is 1.50. The third-order valence-corrected chi connectivity index (χ3v) is 0.938. The van der Waals surface area contributed by atoms with Crippen LogP contribution in [0.3, 0.4) is 0 Å². The van der Waals surface area contributed by atoms with Crippen LogP contribution in [0.4, 0.5) is 0 Å². The molecule has 1 aliphatic rings. The van der Waals surface area contributed by atoms with E-state index >= 15 is 0 Å². The maximum absolute atomic E-state index is 8.03. The quantitative estimate of drug-likeness (QED) is 0.542. The van der Waals surface area contributed by atoms with Crippen LogP contribution >= 0.6 is 0 Å². The SMILES string of the molecule is [2H]C([2H])([2H])C1([2H])C([2H])([2H])C([2H])([2H])NC([2H])([2H])C1([2H])NC. The summed E-state index contributed by atoms with van der Waals surface area (Å²) in [4.78, 5) is 0. The second kappa shape index (κ2) is 3.18. The van der Waals surface area contributed by atoms with Crippen molar-refractivity contribution in [2.24, 2.45) is 5.89 Å². The topological polar surface area (TPSA) is 24.1 Å². The van der Waals surface area contributed by atoms with Gasteiger partial charge in [-0.25, -0.2) is 0 Å². The molecule has 0 aliphatic carbocycles. The van der Waals surface area contributed by atoms with Crippen molar-refractivity contribution < 1.29 is 15.1 Å². The highest BCUT2D eigenvalue weighted by molar-refractivity contribution is 4.79. The Balaban J connectivity index is 3.76. The number of piperidine rings is 1. The Hall–Kier alpha value is -0.0800. The average molecular weight is 139 g/mol. The third kappa shape index (κ3) is 1.66. The van der Waals surface area contributed by atoms with E-state index < -0.39 is 38.1 Å². The van der Waals surface area contributed by atoms with Gasteiger partial charge in [0.1, 0.15) is 0 Å². The molecule has 2 heteroatoms. The lowest BCUT2D eigenvalue weighted by Gasteiger charge is -2.28. The van der Waals surface area contributed by atoms with Crippen molar-refractivity contribution >= 4 is 0 Å². The van der Waals surface area contributed by atoms with Crippen molar-refractivity contribution in [3.8, 4) is 0 Å². The molecular formula is C7H16N2. The molecule has 1 heterocycles. The zero-order valence-electron chi connectivity index (χ0n) is 16.0. The van der Waals surface area contributed by atoms with Crippen LogP contribution in [-0.2, 0) is 0 Å². The molecule has 2 nitrogen and oxygen atoms in total. The maximum Gasteiger partial charge on any atom is 0.0481 e. The highest BCUT2D eigenvalue weighted by Gasteiger charge is 2.17. The predicted molar refractivity (Wildman–Crippen MR) is 39.5 cm³/mol. The minimum Gasteiger partial charge on any atom is -0.315 e. The number of hydrogen-bond donors (Lipinski definition) is 2. The van der Waals surface area contributed by atoms with Gasteiger partial charge in [-0.3, -0.25) is 0 Å². The van der Waals surface area contributed by atoms with Gasteiger partial charge in [-0.05, 0) is 25.8 Å². The summed E-state index contributed by atoms with van der Waals surface area (Å²) < 4.78 is 84.0. The fourth-order valence-electron chi connectivity index (χ4n) is 0.500. The molecular weight excluding hydrogens is 112 g/mol. The summed E-state index contributed by atoms with van der Waals surface area (Å²) in [6.45, 7) is -9.58. The first-order chi connectivity index (χ1) is 8.52. The van der Waals surface area contributed by atoms with Crippen molar-refractivity contribution in [3.63, 3.8) is 0 Å². The molecule has 0 radical (unpaired) electrons. The van der Waals surface area contributed by atoms with E-state index in [0.717, 1.165) is 7.05 Å². The first kappa shape index (κ1) is 1.41. The number of nitrogens with one attached hydrogen (secondary N) is 2. The van der Waals surface area contributed by atoms with Crippen molar-refractivity contribution in [2.45, 2.75) is 19.2 Å². The molecule has 0 aromatic carbocycles. The largest absolute Gasteiger partial charge is 0.315 e. The van der Waals surface area contributed by atoms with Crippen LogP contribution in [0, 0.1) is 5.89 Å². The van der Waals surface area contributed by atoms with Crippen LogP contribution in [0.1, 0.15) is 28.3 Å². The highest BCUT2D eigenvalue weighted by atomic mass is 15.0. The van der Waals surface area contributed by atoms with Gasteiger partial charge in [0.2, 0.25) is 0 Å². The zero-order valence-corrected chi connectivity index (χ0v) is 5.00. The van der Waals surface area contributed by atoms with Gasteiger partial charge in [0.15, 0.2) is 0 Å². The Morgan fingerprint density at radius 2 is 2.89 bits per heavy atom. The molecule has 0 saturated carbocycles. The molecule has 1 saturated heterocycles. The minimum absolute atomic E-state index is 1.03. The Bertz CT molecular complexity index is 404. The first-order valence-electron chi connectivity index (χ1n) is 8.00. The smallest absolute Gasteiger partial charge is 0.0481 e. The predicted octanol–water partition coefficient (Wildman–Crippen LogP) is 0.204. The summed E-state index contributed by atoms with van der Waals surface area (Å²) in [7, 11) is 1.03. The lowest BCUT2D eigenvalue weighted by molar-refractivity contribution is 0.311. The average Bonchev–Trinajstić information content (AvgIpc) is 2.21. The number of rotatable bonds is 1. The summed E-state index contributed by atoms with van der Waals surface area (Å²) >= 11 is 0. The molecule has 1 fully saturated rings. The van der Waals surface area contributed by atoms with E-state index in [1.165, 1.54) is 0 Å². The summed E-state index contributed by atoms with van der Waals surface area (Å²) in [6, 6.07) is -2.94. The van der Waals surface area contributed by atoms with E-state index in [0.29, 0.717) is 0 Å². The van der Waals surface area contributed by atoms with Crippen molar-refractivity contribution in [3.05, 3.63) is 0 Å². The van der Waals surface area contributed by atoms with Crippen molar-refractivity contribution in [1.29, 1.82) is 0 Å². The normalized spacial score (nSPS) is 89.2. The van der Waals surface area contributed by atoms with E-state index in [1.54, 1.807) is 5.32 Å². The van der Waals surface area contributed by atoms with Gasteiger partial charge in [0.25, 0.3) is 0 Å². The lowest BCUT2D eigenvalue weighted by Crippen LogP contribution is -2.46. The second-order valence-electron chi connectivity index (χ2n) is 1.50. The van der Waals surface area contributed by atoms with Gasteiger partial charge in [-0.2, -0.15) is 0 Å². The molecule has 54 valence electrons. The van der Waals surface area contributed by atoms with E-state index in [4.69, 9.17) is 15.1 Å². The van der Waals surface area contributed by atoms with Gasteiger partial charge >= 0.3 is 0 Å². The molecule has 0 amide bonds. The molecule has 0 aromatic heterocycles. The van der Waals surface area contributed by atoms with Crippen LogP contribution < -0.4 is 10.6 Å². The summed E-state index contributed by atoms with van der Waals surface area (Å²) in [5.41, 5.74) is 0. The Morgan fingerprint density at radius 3 is 3.56 bits per heavy atom. The lowest BCUT2D eigenvalue weighted by atomic mass is 9.95. The van der Waals surface area contributed by atoms with E-state index in [2.05, 4.69) is 0 Å². The molecule has 2 N–H and O–H groups in total. The van der Waals surface area contributed by atoms with Crippen LogP contribution in [0.5, 0.6) is 0 Å². The Morgan fingerprint density at radius 1 is 2.00 bits per heavy atom. The molecule has 1 rings (SSSR count). The van der Waals surface area contributed by atoms with Crippen LogP contribution in [0.15, 0.2) is 0 Å². The molecule has 0 aromatic rings. The minimum atomic E-state index is -3.44. The van der Waals surface area contributed by atoms with Gasteiger partial charge in [0.05, 0.1) is 0 Å².